The molecule has 3 rings (SSSR count). The molecule has 1 aliphatic heterocycles. The largest absolute Gasteiger partial charge is 0.334 e. The van der Waals surface area contributed by atoms with Gasteiger partial charge in [0.1, 0.15) is 0 Å². The number of amides is 1. The molecule has 2 aromatic carbocycles. The van der Waals surface area contributed by atoms with E-state index in [4.69, 9.17) is 0 Å². The van der Waals surface area contributed by atoms with Gasteiger partial charge in [-0.1, -0.05) is 61.5 Å². The lowest BCUT2D eigenvalue weighted by Crippen LogP contribution is -2.51. The van der Waals surface area contributed by atoms with Gasteiger partial charge in [-0.05, 0) is 49.8 Å². The van der Waals surface area contributed by atoms with Gasteiger partial charge >= 0.3 is 0 Å². The van der Waals surface area contributed by atoms with Crippen molar-refractivity contribution in [2.45, 2.75) is 58.4 Å². The van der Waals surface area contributed by atoms with Gasteiger partial charge in [0.25, 0.3) is 0 Å². The van der Waals surface area contributed by atoms with Crippen molar-refractivity contribution in [1.29, 1.82) is 0 Å². The second-order valence-corrected chi connectivity index (χ2v) is 13.8. The molecule has 0 bridgehead atoms. The van der Waals surface area contributed by atoms with E-state index in [0.29, 0.717) is 38.9 Å². The van der Waals surface area contributed by atoms with Crippen molar-refractivity contribution < 1.29 is 21.6 Å². The second-order valence-electron chi connectivity index (χ2n) is 9.55. The van der Waals surface area contributed by atoms with Gasteiger partial charge in [0.2, 0.25) is 26.0 Å². The summed E-state index contributed by atoms with van der Waals surface area (Å²) < 4.78 is 54.1. The predicted octanol–water partition coefficient (Wildman–Crippen LogP) is 3.38. The molecule has 1 heterocycles. The van der Waals surface area contributed by atoms with Gasteiger partial charge in [0.05, 0.1) is 18.1 Å². The van der Waals surface area contributed by atoms with Crippen LogP contribution >= 0.6 is 0 Å². The molecule has 2 aromatic rings. The summed E-state index contributed by atoms with van der Waals surface area (Å²) >= 11 is 0. The van der Waals surface area contributed by atoms with Crippen LogP contribution in [0.3, 0.4) is 0 Å². The predicted molar refractivity (Wildman–Crippen MR) is 147 cm³/mol. The lowest BCUT2D eigenvalue weighted by molar-refractivity contribution is -0.135. The Bertz CT molecular complexity index is 1240. The van der Waals surface area contributed by atoms with E-state index in [0.717, 1.165) is 16.7 Å². The van der Waals surface area contributed by atoms with Crippen LogP contribution < -0.4 is 0 Å². The highest BCUT2D eigenvalue weighted by Crippen LogP contribution is 2.24. The summed E-state index contributed by atoms with van der Waals surface area (Å²) in [6.07, 6.45) is 1.61. The maximum atomic E-state index is 13.6. The van der Waals surface area contributed by atoms with Gasteiger partial charge in [-0.25, -0.2) is 21.1 Å². The summed E-state index contributed by atoms with van der Waals surface area (Å²) in [6.45, 7) is 6.55. The van der Waals surface area contributed by atoms with Crippen LogP contribution in [0.4, 0.5) is 0 Å². The molecule has 1 fully saturated rings. The van der Waals surface area contributed by atoms with Crippen molar-refractivity contribution in [3.05, 3.63) is 71.3 Å². The maximum absolute atomic E-state index is 13.6. The first kappa shape index (κ1) is 29.3. The van der Waals surface area contributed by atoms with E-state index in [1.807, 2.05) is 56.3 Å². The Morgan fingerprint density at radius 3 is 2.16 bits per heavy atom. The molecule has 0 saturated carbocycles. The molecule has 204 valence electrons. The summed E-state index contributed by atoms with van der Waals surface area (Å²) in [5, 5.41) is 0. The molecule has 0 unspecified atom stereocenters. The zero-order valence-electron chi connectivity index (χ0n) is 22.0. The number of carbonyl (C=O) groups excluding carboxylic acids is 1. The SMILES string of the molecule is CCCN(CC(=O)N(Cc1ccccc1C)C1CCN(S(=O)(=O)Cc2ccccc2)CC1)S(=O)(=O)CC. The third-order valence-corrected chi connectivity index (χ3v) is 10.6. The average Bonchev–Trinajstić information content (AvgIpc) is 2.88. The first-order valence-corrected chi connectivity index (χ1v) is 16.1. The number of aryl methyl sites for hydroxylation is 1. The Kier molecular flexibility index (Phi) is 10.3. The zero-order valence-corrected chi connectivity index (χ0v) is 23.7. The zero-order chi connectivity index (χ0) is 27.1. The van der Waals surface area contributed by atoms with E-state index < -0.39 is 20.0 Å². The van der Waals surface area contributed by atoms with Crippen LogP contribution in [0.2, 0.25) is 0 Å². The number of sulfonamides is 2. The molecule has 37 heavy (non-hydrogen) atoms. The Balaban J connectivity index is 1.77. The fraction of sp³-hybridized carbons (Fsp3) is 0.519. The molecule has 0 radical (unpaired) electrons. The van der Waals surface area contributed by atoms with Gasteiger partial charge in [-0.2, -0.15) is 4.31 Å². The lowest BCUT2D eigenvalue weighted by Gasteiger charge is -2.39. The molecular formula is C27H39N3O5S2. The van der Waals surface area contributed by atoms with E-state index in [2.05, 4.69) is 0 Å². The van der Waals surface area contributed by atoms with Crippen LogP contribution in [0.5, 0.6) is 0 Å². The molecule has 0 spiro atoms. The van der Waals surface area contributed by atoms with Gasteiger partial charge in [0, 0.05) is 32.2 Å². The number of hydrogen-bond donors (Lipinski definition) is 0. The Labute approximate surface area is 222 Å². The van der Waals surface area contributed by atoms with Crippen LogP contribution in [0, 0.1) is 6.92 Å². The second kappa shape index (κ2) is 13.0. The molecule has 1 amide bonds. The molecule has 1 aliphatic rings. The van der Waals surface area contributed by atoms with E-state index in [9.17, 15) is 21.6 Å². The summed E-state index contributed by atoms with van der Waals surface area (Å²) in [5.74, 6) is -0.361. The van der Waals surface area contributed by atoms with Crippen molar-refractivity contribution in [2.24, 2.45) is 0 Å². The number of rotatable bonds is 12. The first-order chi connectivity index (χ1) is 17.6. The van der Waals surface area contributed by atoms with Gasteiger partial charge in [-0.15, -0.1) is 0 Å². The van der Waals surface area contributed by atoms with Gasteiger partial charge in [-0.3, -0.25) is 4.79 Å². The molecule has 1 saturated heterocycles. The summed E-state index contributed by atoms with van der Waals surface area (Å²) in [6, 6.07) is 16.8. The third-order valence-electron chi connectivity index (χ3n) is 6.91. The molecule has 0 N–H and O–H groups in total. The lowest BCUT2D eigenvalue weighted by atomic mass is 10.0. The third kappa shape index (κ3) is 7.86. The smallest absolute Gasteiger partial charge is 0.238 e. The maximum Gasteiger partial charge on any atom is 0.238 e. The Morgan fingerprint density at radius 1 is 0.946 bits per heavy atom. The number of piperidine rings is 1. The van der Waals surface area contributed by atoms with Crippen LogP contribution in [-0.2, 0) is 37.1 Å². The van der Waals surface area contributed by atoms with Crippen molar-refractivity contribution in [1.82, 2.24) is 13.5 Å². The van der Waals surface area contributed by atoms with Crippen LogP contribution in [0.15, 0.2) is 54.6 Å². The molecule has 0 aliphatic carbocycles. The minimum Gasteiger partial charge on any atom is -0.334 e. The minimum atomic E-state index is -3.52. The topological polar surface area (TPSA) is 95.1 Å². The number of hydrogen-bond acceptors (Lipinski definition) is 5. The Hall–Kier alpha value is -2.27. The van der Waals surface area contributed by atoms with E-state index in [1.165, 1.54) is 8.61 Å². The highest BCUT2D eigenvalue weighted by molar-refractivity contribution is 7.89. The van der Waals surface area contributed by atoms with E-state index >= 15 is 0 Å². The quantitative estimate of drug-likeness (QED) is 0.405. The van der Waals surface area contributed by atoms with E-state index in [1.54, 1.807) is 24.0 Å². The van der Waals surface area contributed by atoms with Crippen molar-refractivity contribution in [3.8, 4) is 0 Å². The van der Waals surface area contributed by atoms with Crippen molar-refractivity contribution >= 4 is 26.0 Å². The fourth-order valence-corrected chi connectivity index (χ4v) is 7.39. The number of nitrogens with zero attached hydrogens (tertiary/aromatic N) is 3. The van der Waals surface area contributed by atoms with Gasteiger partial charge < -0.3 is 4.90 Å². The normalized spacial score (nSPS) is 15.7. The van der Waals surface area contributed by atoms with Crippen molar-refractivity contribution in [2.75, 3.05) is 31.9 Å². The summed E-state index contributed by atoms with van der Waals surface area (Å²) in [5.41, 5.74) is 2.79. The highest BCUT2D eigenvalue weighted by atomic mass is 32.2. The summed E-state index contributed by atoms with van der Waals surface area (Å²) in [7, 11) is -7.00. The van der Waals surface area contributed by atoms with Gasteiger partial charge in [0.15, 0.2) is 0 Å². The molecule has 10 heteroatoms. The van der Waals surface area contributed by atoms with E-state index in [-0.39, 0.29) is 36.5 Å². The highest BCUT2D eigenvalue weighted by Gasteiger charge is 2.34. The monoisotopic (exact) mass is 549 g/mol. The standard InChI is InChI=1S/C27H39N3O5S2/c1-4-17-29(36(32,33)5-2)21-27(31)30(20-25-14-10-9-11-23(25)3)26-15-18-28(19-16-26)37(34,35)22-24-12-7-6-8-13-24/h6-14,26H,4-5,15-22H2,1-3H3. The molecular weight excluding hydrogens is 510 g/mol. The first-order valence-electron chi connectivity index (χ1n) is 12.9. The van der Waals surface area contributed by atoms with Crippen LogP contribution in [0.1, 0.15) is 49.8 Å². The fourth-order valence-electron chi connectivity index (χ4n) is 4.69. The molecule has 0 aromatic heterocycles. The van der Waals surface area contributed by atoms with Crippen molar-refractivity contribution in [3.63, 3.8) is 0 Å². The minimum absolute atomic E-state index is 0.0504. The summed E-state index contributed by atoms with van der Waals surface area (Å²) in [4.78, 5) is 15.4. The number of benzene rings is 2. The molecule has 8 nitrogen and oxygen atoms in total. The average molecular weight is 550 g/mol. The Morgan fingerprint density at radius 2 is 1.57 bits per heavy atom. The number of carbonyl (C=O) groups is 1. The molecule has 0 atom stereocenters. The van der Waals surface area contributed by atoms with Crippen LogP contribution in [-0.4, -0.2) is 74.2 Å². The van der Waals surface area contributed by atoms with Crippen LogP contribution in [0.25, 0.3) is 0 Å².